The number of benzene rings is 2. The standard InChI is InChI=1S/C17H17NO5S/c1-24(20,21)15-8-3-2-6-13(15)17(19)18-11-12-5-4-7-14-16(12)23-10-9-22-14/h2-8H,9-11H2,1H3,(H,18,19). The van der Waals surface area contributed by atoms with Crippen molar-refractivity contribution in [3.63, 3.8) is 0 Å². The summed E-state index contributed by atoms with van der Waals surface area (Å²) >= 11 is 0. The van der Waals surface area contributed by atoms with E-state index in [1.807, 2.05) is 12.1 Å². The minimum absolute atomic E-state index is 0.0113. The van der Waals surface area contributed by atoms with Crippen molar-refractivity contribution in [3.05, 3.63) is 53.6 Å². The van der Waals surface area contributed by atoms with Crippen molar-refractivity contribution in [2.75, 3.05) is 19.5 Å². The zero-order valence-electron chi connectivity index (χ0n) is 13.1. The van der Waals surface area contributed by atoms with E-state index in [0.29, 0.717) is 24.7 Å². The summed E-state index contributed by atoms with van der Waals surface area (Å²) in [5, 5.41) is 2.74. The summed E-state index contributed by atoms with van der Waals surface area (Å²) in [5.41, 5.74) is 0.902. The van der Waals surface area contributed by atoms with Gasteiger partial charge in [-0.25, -0.2) is 8.42 Å². The van der Waals surface area contributed by atoms with Crippen LogP contribution >= 0.6 is 0 Å². The van der Waals surface area contributed by atoms with Crippen LogP contribution in [0.5, 0.6) is 11.5 Å². The van der Waals surface area contributed by atoms with Crippen LogP contribution in [0.2, 0.25) is 0 Å². The largest absolute Gasteiger partial charge is 0.486 e. The molecule has 0 bridgehead atoms. The van der Waals surface area contributed by atoms with E-state index >= 15 is 0 Å². The van der Waals surface area contributed by atoms with Crippen LogP contribution in [0.3, 0.4) is 0 Å². The first-order chi connectivity index (χ1) is 11.5. The molecule has 0 spiro atoms. The van der Waals surface area contributed by atoms with Gasteiger partial charge in [0, 0.05) is 18.4 Å². The molecule has 1 aliphatic rings. The topological polar surface area (TPSA) is 81.7 Å². The van der Waals surface area contributed by atoms with Gasteiger partial charge in [0.1, 0.15) is 13.2 Å². The fourth-order valence-corrected chi connectivity index (χ4v) is 3.41. The third-order valence-corrected chi connectivity index (χ3v) is 4.77. The van der Waals surface area contributed by atoms with Crippen molar-refractivity contribution >= 4 is 15.7 Å². The van der Waals surface area contributed by atoms with Crippen LogP contribution < -0.4 is 14.8 Å². The normalized spacial score (nSPS) is 13.4. The molecule has 1 amide bonds. The monoisotopic (exact) mass is 347 g/mol. The zero-order valence-corrected chi connectivity index (χ0v) is 13.9. The molecule has 0 aromatic heterocycles. The lowest BCUT2D eigenvalue weighted by molar-refractivity contribution is 0.0946. The second-order valence-corrected chi connectivity index (χ2v) is 7.38. The fourth-order valence-electron chi connectivity index (χ4n) is 2.52. The third kappa shape index (κ3) is 3.35. The number of rotatable bonds is 4. The number of para-hydroxylation sites is 1. The zero-order chi connectivity index (χ0) is 17.2. The Hall–Kier alpha value is -2.54. The highest BCUT2D eigenvalue weighted by atomic mass is 32.2. The van der Waals surface area contributed by atoms with Gasteiger partial charge in [0.15, 0.2) is 21.3 Å². The van der Waals surface area contributed by atoms with Crippen LogP contribution in [0.15, 0.2) is 47.4 Å². The van der Waals surface area contributed by atoms with Gasteiger partial charge in [-0.1, -0.05) is 24.3 Å². The molecule has 1 heterocycles. The highest BCUT2D eigenvalue weighted by Gasteiger charge is 2.19. The molecule has 0 unspecified atom stereocenters. The van der Waals surface area contributed by atoms with Gasteiger partial charge in [-0.3, -0.25) is 4.79 Å². The molecule has 0 atom stereocenters. The maximum atomic E-state index is 12.4. The van der Waals surface area contributed by atoms with Crippen molar-refractivity contribution in [1.29, 1.82) is 0 Å². The minimum atomic E-state index is -3.48. The number of nitrogens with one attached hydrogen (secondary N) is 1. The maximum Gasteiger partial charge on any atom is 0.252 e. The lowest BCUT2D eigenvalue weighted by Crippen LogP contribution is -2.25. The highest BCUT2D eigenvalue weighted by molar-refractivity contribution is 7.90. The lowest BCUT2D eigenvalue weighted by atomic mass is 10.1. The predicted octanol–water partition coefficient (Wildman–Crippen LogP) is 1.79. The van der Waals surface area contributed by atoms with E-state index in [4.69, 9.17) is 9.47 Å². The van der Waals surface area contributed by atoms with Crippen molar-refractivity contribution in [2.45, 2.75) is 11.4 Å². The Labute approximate surface area is 140 Å². The van der Waals surface area contributed by atoms with E-state index in [1.165, 1.54) is 12.1 Å². The van der Waals surface area contributed by atoms with Gasteiger partial charge in [-0.05, 0) is 18.2 Å². The molecular formula is C17H17NO5S. The number of sulfone groups is 1. The molecule has 2 aromatic rings. The summed E-state index contributed by atoms with van der Waals surface area (Å²) in [7, 11) is -3.48. The average molecular weight is 347 g/mol. The Morgan fingerprint density at radius 3 is 2.62 bits per heavy atom. The number of carbonyl (C=O) groups excluding carboxylic acids is 1. The predicted molar refractivity (Wildman–Crippen MR) is 88.2 cm³/mol. The number of amides is 1. The highest BCUT2D eigenvalue weighted by Crippen LogP contribution is 2.33. The van der Waals surface area contributed by atoms with Crippen molar-refractivity contribution < 1.29 is 22.7 Å². The maximum absolute atomic E-state index is 12.4. The minimum Gasteiger partial charge on any atom is -0.486 e. The Bertz CT molecular complexity index is 876. The second kappa shape index (κ2) is 6.52. The first kappa shape index (κ1) is 16.3. The third-order valence-electron chi connectivity index (χ3n) is 3.62. The average Bonchev–Trinajstić information content (AvgIpc) is 2.59. The molecule has 24 heavy (non-hydrogen) atoms. The molecule has 126 valence electrons. The van der Waals surface area contributed by atoms with Crippen molar-refractivity contribution in [3.8, 4) is 11.5 Å². The fraction of sp³-hybridized carbons (Fsp3) is 0.235. The van der Waals surface area contributed by atoms with E-state index in [9.17, 15) is 13.2 Å². The van der Waals surface area contributed by atoms with E-state index in [0.717, 1.165) is 11.8 Å². The number of hydrogen-bond donors (Lipinski definition) is 1. The lowest BCUT2D eigenvalue weighted by Gasteiger charge is -2.21. The summed E-state index contributed by atoms with van der Waals surface area (Å²) in [6.07, 6.45) is 1.08. The summed E-state index contributed by atoms with van der Waals surface area (Å²) in [5.74, 6) is 0.801. The molecule has 7 heteroatoms. The van der Waals surface area contributed by atoms with Crippen LogP contribution in [0, 0.1) is 0 Å². The summed E-state index contributed by atoms with van der Waals surface area (Å²) in [6, 6.07) is 11.6. The van der Waals surface area contributed by atoms with Gasteiger partial charge in [0.05, 0.1) is 10.5 Å². The van der Waals surface area contributed by atoms with Crippen molar-refractivity contribution in [1.82, 2.24) is 5.32 Å². The molecule has 0 saturated carbocycles. The van der Waals surface area contributed by atoms with E-state index in [1.54, 1.807) is 18.2 Å². The van der Waals surface area contributed by atoms with E-state index < -0.39 is 15.7 Å². The number of fused-ring (bicyclic) bond motifs is 1. The number of ether oxygens (including phenoxy) is 2. The molecule has 2 aromatic carbocycles. The Balaban J connectivity index is 1.81. The molecular weight excluding hydrogens is 330 g/mol. The van der Waals surface area contributed by atoms with Crippen LogP contribution in [-0.4, -0.2) is 33.8 Å². The summed E-state index contributed by atoms with van der Waals surface area (Å²) in [4.78, 5) is 12.4. The SMILES string of the molecule is CS(=O)(=O)c1ccccc1C(=O)NCc1cccc2c1OCCO2. The molecule has 6 nitrogen and oxygen atoms in total. The molecule has 1 aliphatic heterocycles. The molecule has 0 fully saturated rings. The van der Waals surface area contributed by atoms with E-state index in [-0.39, 0.29) is 17.0 Å². The Morgan fingerprint density at radius 1 is 1.08 bits per heavy atom. The first-order valence-electron chi connectivity index (χ1n) is 7.41. The van der Waals surface area contributed by atoms with Gasteiger partial charge in [-0.2, -0.15) is 0 Å². The molecule has 3 rings (SSSR count). The van der Waals surface area contributed by atoms with E-state index in [2.05, 4.69) is 5.32 Å². The Morgan fingerprint density at radius 2 is 1.83 bits per heavy atom. The van der Waals surface area contributed by atoms with Crippen LogP contribution in [0.1, 0.15) is 15.9 Å². The molecule has 0 aliphatic carbocycles. The summed E-state index contributed by atoms with van der Waals surface area (Å²) in [6.45, 7) is 1.16. The van der Waals surface area contributed by atoms with Gasteiger partial charge < -0.3 is 14.8 Å². The van der Waals surface area contributed by atoms with Crippen LogP contribution in [0.4, 0.5) is 0 Å². The van der Waals surface area contributed by atoms with Crippen LogP contribution in [-0.2, 0) is 16.4 Å². The molecule has 0 radical (unpaired) electrons. The van der Waals surface area contributed by atoms with Crippen molar-refractivity contribution in [2.24, 2.45) is 0 Å². The first-order valence-corrected chi connectivity index (χ1v) is 9.31. The smallest absolute Gasteiger partial charge is 0.252 e. The molecule has 0 saturated heterocycles. The van der Waals surface area contributed by atoms with Gasteiger partial charge in [0.2, 0.25) is 0 Å². The number of hydrogen-bond acceptors (Lipinski definition) is 5. The number of carbonyl (C=O) groups is 1. The van der Waals surface area contributed by atoms with Gasteiger partial charge >= 0.3 is 0 Å². The second-order valence-electron chi connectivity index (χ2n) is 5.39. The van der Waals surface area contributed by atoms with Gasteiger partial charge in [-0.15, -0.1) is 0 Å². The Kier molecular flexibility index (Phi) is 4.44. The molecule has 1 N–H and O–H groups in total. The van der Waals surface area contributed by atoms with Gasteiger partial charge in [0.25, 0.3) is 5.91 Å². The van der Waals surface area contributed by atoms with Crippen LogP contribution in [0.25, 0.3) is 0 Å². The quantitative estimate of drug-likeness (QED) is 0.912. The summed E-state index contributed by atoms with van der Waals surface area (Å²) < 4.78 is 34.7.